The summed E-state index contributed by atoms with van der Waals surface area (Å²) in [6, 6.07) is 16.5. The summed E-state index contributed by atoms with van der Waals surface area (Å²) in [6.07, 6.45) is 0.832. The van der Waals surface area contributed by atoms with Crippen LogP contribution in [-0.2, 0) is 0 Å². The molecule has 0 saturated carbocycles. The maximum absolute atomic E-state index is 12.6. The van der Waals surface area contributed by atoms with Crippen LogP contribution in [0, 0.1) is 11.3 Å². The number of para-hydroxylation sites is 1. The van der Waals surface area contributed by atoms with Crippen molar-refractivity contribution >= 4 is 5.91 Å². The van der Waals surface area contributed by atoms with Gasteiger partial charge in [-0.2, -0.15) is 5.26 Å². The summed E-state index contributed by atoms with van der Waals surface area (Å²) in [6.45, 7) is 1.44. The van der Waals surface area contributed by atoms with Gasteiger partial charge in [0.25, 0.3) is 5.91 Å². The van der Waals surface area contributed by atoms with Gasteiger partial charge >= 0.3 is 0 Å². The van der Waals surface area contributed by atoms with E-state index in [1.54, 1.807) is 23.1 Å². The number of hydrogen-bond donors (Lipinski definition) is 0. The number of hydrogen-bond acceptors (Lipinski definition) is 4. The van der Waals surface area contributed by atoms with Crippen molar-refractivity contribution in [2.75, 3.05) is 27.2 Å². The first-order valence-corrected chi connectivity index (χ1v) is 8.32. The van der Waals surface area contributed by atoms with Crippen LogP contribution < -0.4 is 4.74 Å². The molecule has 1 aliphatic heterocycles. The fraction of sp³-hybridized carbons (Fsp3) is 0.300. The average Bonchev–Trinajstić information content (AvgIpc) is 2.87. The van der Waals surface area contributed by atoms with Gasteiger partial charge in [-0.15, -0.1) is 0 Å². The van der Waals surface area contributed by atoms with Crippen LogP contribution in [0.1, 0.15) is 28.4 Å². The lowest BCUT2D eigenvalue weighted by molar-refractivity contribution is 0.0752. The van der Waals surface area contributed by atoms with E-state index in [1.165, 1.54) is 0 Å². The third-order valence-electron chi connectivity index (χ3n) is 4.23. The normalized spacial score (nSPS) is 16.0. The molecule has 1 unspecified atom stereocenters. The maximum atomic E-state index is 12.6. The van der Waals surface area contributed by atoms with Gasteiger partial charge in [-0.05, 0) is 57.4 Å². The molecule has 0 aliphatic carbocycles. The number of carbonyl (C=O) groups is 1. The second-order valence-electron chi connectivity index (χ2n) is 6.35. The van der Waals surface area contributed by atoms with Crippen molar-refractivity contribution in [1.29, 1.82) is 5.26 Å². The minimum atomic E-state index is -0.552. The first-order valence-electron chi connectivity index (χ1n) is 8.32. The van der Waals surface area contributed by atoms with Crippen LogP contribution in [0.5, 0.6) is 11.5 Å². The Kier molecular flexibility index (Phi) is 5.01. The van der Waals surface area contributed by atoms with Crippen LogP contribution in [0.2, 0.25) is 0 Å². The molecule has 2 aromatic carbocycles. The Labute approximate surface area is 148 Å². The Hall–Kier alpha value is -2.84. The van der Waals surface area contributed by atoms with Crippen LogP contribution in [-0.4, -0.2) is 42.9 Å². The molecule has 0 spiro atoms. The molecule has 0 saturated heterocycles. The van der Waals surface area contributed by atoms with Crippen LogP contribution >= 0.6 is 0 Å². The summed E-state index contributed by atoms with van der Waals surface area (Å²) >= 11 is 0. The second-order valence-corrected chi connectivity index (χ2v) is 6.35. The Morgan fingerprint density at radius 2 is 1.92 bits per heavy atom. The molecule has 0 N–H and O–H groups in total. The molecule has 2 aromatic rings. The molecule has 0 fully saturated rings. The molecule has 1 amide bonds. The molecule has 128 valence electrons. The number of fused-ring (bicyclic) bond motifs is 1. The fourth-order valence-corrected chi connectivity index (χ4v) is 3.02. The SMILES string of the molecule is CN(C)CCCN1C(=O)c2ccc(Oc3ccccc3)cc2C1C#N. The molecule has 5 nitrogen and oxygen atoms in total. The summed E-state index contributed by atoms with van der Waals surface area (Å²) in [7, 11) is 3.99. The van der Waals surface area contributed by atoms with Gasteiger partial charge in [0.05, 0.1) is 6.07 Å². The van der Waals surface area contributed by atoms with Crippen molar-refractivity contribution in [3.8, 4) is 17.6 Å². The van der Waals surface area contributed by atoms with E-state index >= 15 is 0 Å². The number of benzene rings is 2. The van der Waals surface area contributed by atoms with Crippen molar-refractivity contribution in [2.45, 2.75) is 12.5 Å². The van der Waals surface area contributed by atoms with Gasteiger partial charge in [-0.1, -0.05) is 18.2 Å². The van der Waals surface area contributed by atoms with Crippen LogP contribution in [0.4, 0.5) is 0 Å². The van der Waals surface area contributed by atoms with E-state index in [-0.39, 0.29) is 5.91 Å². The van der Waals surface area contributed by atoms with Crippen LogP contribution in [0.3, 0.4) is 0 Å². The van der Waals surface area contributed by atoms with E-state index in [2.05, 4.69) is 11.0 Å². The van der Waals surface area contributed by atoms with E-state index in [0.717, 1.165) is 24.3 Å². The molecule has 0 radical (unpaired) electrons. The van der Waals surface area contributed by atoms with Crippen molar-refractivity contribution in [3.05, 3.63) is 59.7 Å². The molecule has 1 heterocycles. The van der Waals surface area contributed by atoms with Gasteiger partial charge in [-0.25, -0.2) is 0 Å². The quantitative estimate of drug-likeness (QED) is 0.811. The fourth-order valence-electron chi connectivity index (χ4n) is 3.02. The second kappa shape index (κ2) is 7.37. The molecule has 0 aromatic heterocycles. The predicted octanol–water partition coefficient (Wildman–Crippen LogP) is 3.45. The van der Waals surface area contributed by atoms with E-state index in [1.807, 2.05) is 44.4 Å². The van der Waals surface area contributed by atoms with E-state index in [0.29, 0.717) is 17.9 Å². The monoisotopic (exact) mass is 335 g/mol. The summed E-state index contributed by atoms with van der Waals surface area (Å²) in [5.74, 6) is 1.28. The minimum Gasteiger partial charge on any atom is -0.457 e. The number of nitrogens with zero attached hydrogens (tertiary/aromatic N) is 3. The van der Waals surface area contributed by atoms with Crippen LogP contribution in [0.15, 0.2) is 48.5 Å². The number of rotatable bonds is 6. The standard InChI is InChI=1S/C20H21N3O2/c1-22(2)11-6-12-23-19(14-21)18-13-16(9-10-17(18)20(23)24)25-15-7-4-3-5-8-15/h3-5,7-10,13,19H,6,11-12H2,1-2H3. The van der Waals surface area contributed by atoms with Crippen molar-refractivity contribution < 1.29 is 9.53 Å². The molecule has 0 bridgehead atoms. The topological polar surface area (TPSA) is 56.6 Å². The highest BCUT2D eigenvalue weighted by atomic mass is 16.5. The summed E-state index contributed by atoms with van der Waals surface area (Å²) in [5, 5.41) is 9.60. The number of ether oxygens (including phenoxy) is 1. The van der Waals surface area contributed by atoms with Gasteiger partial charge in [0.1, 0.15) is 17.5 Å². The third-order valence-corrected chi connectivity index (χ3v) is 4.23. The zero-order chi connectivity index (χ0) is 17.8. The number of carbonyl (C=O) groups excluding carboxylic acids is 1. The predicted molar refractivity (Wildman–Crippen MR) is 95.5 cm³/mol. The van der Waals surface area contributed by atoms with Gasteiger partial charge in [-0.3, -0.25) is 4.79 Å². The largest absolute Gasteiger partial charge is 0.457 e. The number of nitriles is 1. The average molecular weight is 335 g/mol. The summed E-state index contributed by atoms with van der Waals surface area (Å²) in [5.41, 5.74) is 1.32. The lowest BCUT2D eigenvalue weighted by Gasteiger charge is -2.21. The molecule has 25 heavy (non-hydrogen) atoms. The molecule has 1 aliphatic rings. The lowest BCUT2D eigenvalue weighted by Crippen LogP contribution is -2.30. The first-order chi connectivity index (χ1) is 12.1. The van der Waals surface area contributed by atoms with Crippen LogP contribution in [0.25, 0.3) is 0 Å². The zero-order valence-electron chi connectivity index (χ0n) is 14.5. The van der Waals surface area contributed by atoms with E-state index in [4.69, 9.17) is 4.74 Å². The highest BCUT2D eigenvalue weighted by Gasteiger charge is 2.36. The van der Waals surface area contributed by atoms with Crippen molar-refractivity contribution in [2.24, 2.45) is 0 Å². The zero-order valence-corrected chi connectivity index (χ0v) is 14.5. The third kappa shape index (κ3) is 3.65. The van der Waals surface area contributed by atoms with Gasteiger partial charge in [0.2, 0.25) is 0 Å². The molecular formula is C20H21N3O2. The highest BCUT2D eigenvalue weighted by molar-refractivity contribution is 5.99. The molecule has 3 rings (SSSR count). The smallest absolute Gasteiger partial charge is 0.255 e. The molecule has 1 atom stereocenters. The Bertz CT molecular complexity index is 796. The Morgan fingerprint density at radius 3 is 2.60 bits per heavy atom. The maximum Gasteiger partial charge on any atom is 0.255 e. The van der Waals surface area contributed by atoms with Gasteiger partial charge in [0, 0.05) is 17.7 Å². The molecular weight excluding hydrogens is 314 g/mol. The van der Waals surface area contributed by atoms with Gasteiger partial charge in [0.15, 0.2) is 0 Å². The van der Waals surface area contributed by atoms with Crippen molar-refractivity contribution in [1.82, 2.24) is 9.80 Å². The molecule has 5 heteroatoms. The highest BCUT2D eigenvalue weighted by Crippen LogP contribution is 2.36. The number of amides is 1. The van der Waals surface area contributed by atoms with E-state index < -0.39 is 6.04 Å². The summed E-state index contributed by atoms with van der Waals surface area (Å²) in [4.78, 5) is 16.4. The lowest BCUT2D eigenvalue weighted by atomic mass is 10.1. The summed E-state index contributed by atoms with van der Waals surface area (Å²) < 4.78 is 5.83. The van der Waals surface area contributed by atoms with Gasteiger partial charge < -0.3 is 14.5 Å². The van der Waals surface area contributed by atoms with E-state index in [9.17, 15) is 10.1 Å². The first kappa shape index (κ1) is 17.0. The minimum absolute atomic E-state index is 0.0773. The Balaban J connectivity index is 1.80. The van der Waals surface area contributed by atoms with Crippen molar-refractivity contribution in [3.63, 3.8) is 0 Å². The Morgan fingerprint density at radius 1 is 1.16 bits per heavy atom.